The Morgan fingerprint density at radius 3 is 2.42 bits per heavy atom. The van der Waals surface area contributed by atoms with Crippen LogP contribution >= 0.6 is 15.9 Å². The molecular weight excluding hydrogens is 456 g/mol. The fourth-order valence-electron chi connectivity index (χ4n) is 3.34. The average molecular weight is 489 g/mol. The van der Waals surface area contributed by atoms with Crippen molar-refractivity contribution in [2.75, 3.05) is 13.2 Å². The zero-order valence-corrected chi connectivity index (χ0v) is 20.7. The molecule has 31 heavy (non-hydrogen) atoms. The molecular formula is C25H33BrN2O3. The largest absolute Gasteiger partial charge is 0.484 e. The van der Waals surface area contributed by atoms with Crippen LogP contribution in [0.2, 0.25) is 0 Å². The lowest BCUT2D eigenvalue weighted by atomic mass is 10.1. The first-order chi connectivity index (χ1) is 14.7. The Labute approximate surface area is 194 Å². The van der Waals surface area contributed by atoms with Crippen molar-refractivity contribution < 1.29 is 14.3 Å². The maximum Gasteiger partial charge on any atom is 0.261 e. The lowest BCUT2D eigenvalue weighted by molar-refractivity contribution is -0.142. The van der Waals surface area contributed by atoms with Crippen LogP contribution in [0, 0.1) is 20.8 Å². The van der Waals surface area contributed by atoms with Gasteiger partial charge in [-0.3, -0.25) is 9.59 Å². The number of nitrogens with one attached hydrogen (secondary N) is 1. The molecule has 0 aliphatic heterocycles. The number of amides is 2. The van der Waals surface area contributed by atoms with Crippen LogP contribution in [0.4, 0.5) is 0 Å². The van der Waals surface area contributed by atoms with Gasteiger partial charge in [-0.1, -0.05) is 59.1 Å². The van der Waals surface area contributed by atoms with Gasteiger partial charge in [-0.05, 0) is 62.9 Å². The van der Waals surface area contributed by atoms with Crippen LogP contribution in [-0.2, 0) is 16.1 Å². The maximum absolute atomic E-state index is 13.1. The molecule has 2 aromatic rings. The molecule has 0 aliphatic rings. The number of carbonyl (C=O) groups excluding carboxylic acids is 2. The molecule has 2 rings (SSSR count). The first-order valence-electron chi connectivity index (χ1n) is 10.7. The Hall–Kier alpha value is -2.34. The van der Waals surface area contributed by atoms with Gasteiger partial charge < -0.3 is 15.0 Å². The molecule has 2 amide bonds. The van der Waals surface area contributed by atoms with E-state index in [-0.39, 0.29) is 18.4 Å². The van der Waals surface area contributed by atoms with Gasteiger partial charge in [0.05, 0.1) is 0 Å². The second-order valence-corrected chi connectivity index (χ2v) is 8.78. The summed E-state index contributed by atoms with van der Waals surface area (Å²) in [6, 6.07) is 11.2. The van der Waals surface area contributed by atoms with E-state index in [4.69, 9.17) is 4.74 Å². The molecule has 0 unspecified atom stereocenters. The Morgan fingerprint density at radius 2 is 1.81 bits per heavy atom. The third-order valence-electron chi connectivity index (χ3n) is 5.20. The summed E-state index contributed by atoms with van der Waals surface area (Å²) >= 11 is 3.54. The highest BCUT2D eigenvalue weighted by Gasteiger charge is 2.26. The summed E-state index contributed by atoms with van der Waals surface area (Å²) in [7, 11) is 0. The number of unbranched alkanes of at least 4 members (excludes halogenated alkanes) is 1. The molecule has 0 saturated heterocycles. The number of nitrogens with zero attached hydrogens (tertiary/aromatic N) is 1. The monoisotopic (exact) mass is 488 g/mol. The normalized spacial score (nSPS) is 11.7. The van der Waals surface area contributed by atoms with Crippen LogP contribution in [0.1, 0.15) is 48.9 Å². The molecule has 2 aromatic carbocycles. The molecule has 0 bridgehead atoms. The van der Waals surface area contributed by atoms with Crippen LogP contribution in [-0.4, -0.2) is 35.9 Å². The van der Waals surface area contributed by atoms with E-state index in [1.165, 1.54) is 0 Å². The van der Waals surface area contributed by atoms with Crippen molar-refractivity contribution in [2.24, 2.45) is 0 Å². The van der Waals surface area contributed by atoms with E-state index in [0.717, 1.165) is 39.6 Å². The average Bonchev–Trinajstić information content (AvgIpc) is 2.73. The van der Waals surface area contributed by atoms with Gasteiger partial charge in [0.15, 0.2) is 6.61 Å². The fraction of sp³-hybridized carbons (Fsp3) is 0.440. The van der Waals surface area contributed by atoms with Crippen LogP contribution < -0.4 is 10.1 Å². The zero-order chi connectivity index (χ0) is 23.0. The van der Waals surface area contributed by atoms with E-state index in [1.807, 2.05) is 57.2 Å². The van der Waals surface area contributed by atoms with E-state index in [2.05, 4.69) is 28.2 Å². The van der Waals surface area contributed by atoms with Gasteiger partial charge >= 0.3 is 0 Å². The summed E-state index contributed by atoms with van der Waals surface area (Å²) in [6.07, 6.45) is 1.91. The van der Waals surface area contributed by atoms with E-state index >= 15 is 0 Å². The maximum atomic E-state index is 13.1. The topological polar surface area (TPSA) is 58.6 Å². The second-order valence-electron chi connectivity index (χ2n) is 7.99. The standard InChI is InChI=1S/C25H33BrN2O3/c1-6-7-11-27-25(30)20(5)28(15-21-10-8-9-17(2)12-21)23(29)16-31-22-13-18(3)24(26)19(4)14-22/h8-10,12-14,20H,6-7,11,15-16H2,1-5H3,(H,27,30)/t20-/m0/s1. The molecule has 0 spiro atoms. The van der Waals surface area contributed by atoms with Crippen LogP contribution in [0.25, 0.3) is 0 Å². The second kappa shape index (κ2) is 11.9. The highest BCUT2D eigenvalue weighted by Crippen LogP contribution is 2.26. The number of halogens is 1. The van der Waals surface area contributed by atoms with Gasteiger partial charge in [-0.2, -0.15) is 0 Å². The lowest BCUT2D eigenvalue weighted by Gasteiger charge is -2.29. The van der Waals surface area contributed by atoms with Crippen molar-refractivity contribution in [3.63, 3.8) is 0 Å². The summed E-state index contributed by atoms with van der Waals surface area (Å²) in [5, 5.41) is 2.93. The van der Waals surface area contributed by atoms with E-state index in [9.17, 15) is 9.59 Å². The van der Waals surface area contributed by atoms with Crippen molar-refractivity contribution in [3.8, 4) is 5.75 Å². The summed E-state index contributed by atoms with van der Waals surface area (Å²) in [5.41, 5.74) is 4.18. The van der Waals surface area contributed by atoms with Crippen molar-refractivity contribution in [1.82, 2.24) is 10.2 Å². The number of hydrogen-bond acceptors (Lipinski definition) is 3. The summed E-state index contributed by atoms with van der Waals surface area (Å²) in [6.45, 7) is 10.7. The predicted octanol–water partition coefficient (Wildman–Crippen LogP) is 5.09. The van der Waals surface area contributed by atoms with Gasteiger partial charge in [0.25, 0.3) is 5.91 Å². The van der Waals surface area contributed by atoms with Crippen molar-refractivity contribution in [2.45, 2.75) is 60.0 Å². The minimum Gasteiger partial charge on any atom is -0.484 e. The molecule has 1 atom stereocenters. The molecule has 168 valence electrons. The molecule has 0 aromatic heterocycles. The fourth-order valence-corrected chi connectivity index (χ4v) is 3.57. The van der Waals surface area contributed by atoms with Crippen molar-refractivity contribution in [3.05, 3.63) is 63.1 Å². The number of hydrogen-bond donors (Lipinski definition) is 1. The molecule has 0 fully saturated rings. The molecule has 0 saturated carbocycles. The Bertz CT molecular complexity index is 890. The summed E-state index contributed by atoms with van der Waals surface area (Å²) in [4.78, 5) is 27.4. The van der Waals surface area contributed by atoms with E-state index < -0.39 is 6.04 Å². The molecule has 5 nitrogen and oxygen atoms in total. The summed E-state index contributed by atoms with van der Waals surface area (Å²) < 4.78 is 6.84. The Balaban J connectivity index is 2.15. The molecule has 0 radical (unpaired) electrons. The number of benzene rings is 2. The Morgan fingerprint density at radius 1 is 1.13 bits per heavy atom. The highest BCUT2D eigenvalue weighted by atomic mass is 79.9. The molecule has 0 aliphatic carbocycles. The molecule has 0 heterocycles. The number of aryl methyl sites for hydroxylation is 3. The van der Waals surface area contributed by atoms with Crippen LogP contribution in [0.3, 0.4) is 0 Å². The minimum atomic E-state index is -0.596. The third-order valence-corrected chi connectivity index (χ3v) is 6.46. The predicted molar refractivity (Wildman–Crippen MR) is 128 cm³/mol. The SMILES string of the molecule is CCCCNC(=O)[C@H](C)N(Cc1cccc(C)c1)C(=O)COc1cc(C)c(Br)c(C)c1. The summed E-state index contributed by atoms with van der Waals surface area (Å²) in [5.74, 6) is 0.268. The number of ether oxygens (including phenoxy) is 1. The van der Waals surface area contributed by atoms with Crippen molar-refractivity contribution >= 4 is 27.7 Å². The van der Waals surface area contributed by atoms with Crippen molar-refractivity contribution in [1.29, 1.82) is 0 Å². The molecule has 6 heteroatoms. The van der Waals surface area contributed by atoms with Gasteiger partial charge in [-0.15, -0.1) is 0 Å². The third kappa shape index (κ3) is 7.39. The van der Waals surface area contributed by atoms with Gasteiger partial charge in [0.1, 0.15) is 11.8 Å². The molecule has 1 N–H and O–H groups in total. The van der Waals surface area contributed by atoms with Gasteiger partial charge in [0.2, 0.25) is 5.91 Å². The number of carbonyl (C=O) groups is 2. The van der Waals surface area contributed by atoms with Gasteiger partial charge in [0, 0.05) is 17.6 Å². The highest BCUT2D eigenvalue weighted by molar-refractivity contribution is 9.10. The smallest absolute Gasteiger partial charge is 0.261 e. The quantitative estimate of drug-likeness (QED) is 0.474. The van der Waals surface area contributed by atoms with E-state index in [1.54, 1.807) is 11.8 Å². The first kappa shape index (κ1) is 24.9. The van der Waals surface area contributed by atoms with Crippen LogP contribution in [0.15, 0.2) is 40.9 Å². The zero-order valence-electron chi connectivity index (χ0n) is 19.1. The minimum absolute atomic E-state index is 0.126. The van der Waals surface area contributed by atoms with Crippen LogP contribution in [0.5, 0.6) is 5.75 Å². The lowest BCUT2D eigenvalue weighted by Crippen LogP contribution is -2.49. The first-order valence-corrected chi connectivity index (χ1v) is 11.5. The van der Waals surface area contributed by atoms with E-state index in [0.29, 0.717) is 18.8 Å². The Kier molecular flexibility index (Phi) is 9.56. The number of rotatable bonds is 10. The van der Waals surface area contributed by atoms with Gasteiger partial charge in [-0.25, -0.2) is 0 Å².